The van der Waals surface area contributed by atoms with Crippen molar-refractivity contribution in [2.24, 2.45) is 0 Å². The van der Waals surface area contributed by atoms with Crippen molar-refractivity contribution in [2.75, 3.05) is 0 Å². The van der Waals surface area contributed by atoms with Gasteiger partial charge in [-0.2, -0.15) is 0 Å². The Balaban J connectivity index is 2.50. The summed E-state index contributed by atoms with van der Waals surface area (Å²) in [5.41, 5.74) is 0.808. The van der Waals surface area contributed by atoms with Crippen molar-refractivity contribution in [3.05, 3.63) is 33.5 Å². The largest absolute Gasteiger partial charge is 0.450 e. The van der Waals surface area contributed by atoms with Gasteiger partial charge in [0, 0.05) is 10.9 Å². The molecule has 1 aliphatic heterocycles. The zero-order chi connectivity index (χ0) is 11.9. The number of Topliss-reactive ketones (excluding diaryl/α,β-unsaturated/α-hetero) is 1. The van der Waals surface area contributed by atoms with E-state index in [4.69, 9.17) is 4.74 Å². The lowest BCUT2D eigenvalue weighted by Gasteiger charge is -2.23. The molecule has 2 rings (SSSR count). The minimum absolute atomic E-state index is 0.185. The Morgan fingerprint density at radius 1 is 1.56 bits per heavy atom. The number of carbonyl (C=O) groups is 2. The van der Waals surface area contributed by atoms with Crippen molar-refractivity contribution in [3.63, 3.8) is 0 Å². The van der Waals surface area contributed by atoms with Gasteiger partial charge in [-0.3, -0.25) is 4.79 Å². The molecule has 1 atom stereocenters. The van der Waals surface area contributed by atoms with Crippen molar-refractivity contribution in [2.45, 2.75) is 19.4 Å². The summed E-state index contributed by atoms with van der Waals surface area (Å²) in [5, 5.41) is 0. The normalized spacial score (nSPS) is 18.9. The van der Waals surface area contributed by atoms with E-state index in [2.05, 4.69) is 15.9 Å². The Morgan fingerprint density at radius 3 is 2.88 bits per heavy atom. The van der Waals surface area contributed by atoms with Crippen LogP contribution in [0.4, 0.5) is 4.39 Å². The number of ketones is 1. The van der Waals surface area contributed by atoms with E-state index in [-0.39, 0.29) is 17.8 Å². The first-order valence-electron chi connectivity index (χ1n) is 4.68. The molecular formula is C11H8BrFO3. The number of rotatable bonds is 1. The first-order valence-corrected chi connectivity index (χ1v) is 5.47. The lowest BCUT2D eigenvalue weighted by Crippen LogP contribution is -2.33. The fourth-order valence-electron chi connectivity index (χ4n) is 1.64. The lowest BCUT2D eigenvalue weighted by molar-refractivity contribution is -0.125. The Labute approximate surface area is 99.7 Å². The standard InChI is InChI=1S/C11H8BrFO3/c1-5(14)10-4-7-8(11(15)16-10)2-6(13)3-9(7)12/h2-3,10H,4H2,1H3. The molecule has 1 unspecified atom stereocenters. The molecule has 1 aromatic rings. The number of ether oxygens (including phenoxy) is 1. The molecule has 0 spiro atoms. The molecular weight excluding hydrogens is 279 g/mol. The predicted octanol–water partition coefficient (Wildman–Crippen LogP) is 2.26. The highest BCUT2D eigenvalue weighted by atomic mass is 79.9. The molecule has 0 aliphatic carbocycles. The van der Waals surface area contributed by atoms with Crippen LogP contribution in [0.2, 0.25) is 0 Å². The summed E-state index contributed by atoms with van der Waals surface area (Å²) < 4.78 is 18.5. The van der Waals surface area contributed by atoms with Crippen LogP contribution >= 0.6 is 15.9 Å². The number of esters is 1. The highest BCUT2D eigenvalue weighted by molar-refractivity contribution is 9.10. The molecule has 0 bridgehead atoms. The molecule has 16 heavy (non-hydrogen) atoms. The van der Waals surface area contributed by atoms with Gasteiger partial charge in [-0.15, -0.1) is 0 Å². The molecule has 1 heterocycles. The van der Waals surface area contributed by atoms with E-state index in [1.807, 2.05) is 0 Å². The minimum atomic E-state index is -0.762. The first kappa shape index (κ1) is 11.3. The fourth-order valence-corrected chi connectivity index (χ4v) is 2.23. The van der Waals surface area contributed by atoms with Crippen molar-refractivity contribution in [1.82, 2.24) is 0 Å². The van der Waals surface area contributed by atoms with Gasteiger partial charge in [0.25, 0.3) is 0 Å². The van der Waals surface area contributed by atoms with E-state index in [9.17, 15) is 14.0 Å². The van der Waals surface area contributed by atoms with Crippen LogP contribution in [0.5, 0.6) is 0 Å². The third kappa shape index (κ3) is 1.87. The van der Waals surface area contributed by atoms with E-state index in [1.54, 1.807) is 0 Å². The number of carbonyl (C=O) groups excluding carboxylic acids is 2. The smallest absolute Gasteiger partial charge is 0.339 e. The SMILES string of the molecule is CC(=O)C1Cc2c(Br)cc(F)cc2C(=O)O1. The molecule has 0 radical (unpaired) electrons. The summed E-state index contributed by atoms with van der Waals surface area (Å²) >= 11 is 3.18. The quantitative estimate of drug-likeness (QED) is 0.744. The number of hydrogen-bond donors (Lipinski definition) is 0. The lowest BCUT2D eigenvalue weighted by atomic mass is 9.97. The molecule has 84 valence electrons. The van der Waals surface area contributed by atoms with Crippen LogP contribution in [0.3, 0.4) is 0 Å². The van der Waals surface area contributed by atoms with Gasteiger partial charge < -0.3 is 4.74 Å². The van der Waals surface area contributed by atoms with Crippen molar-refractivity contribution < 1.29 is 18.7 Å². The molecule has 0 N–H and O–H groups in total. The van der Waals surface area contributed by atoms with Crippen molar-refractivity contribution in [3.8, 4) is 0 Å². The van der Waals surface area contributed by atoms with E-state index in [1.165, 1.54) is 13.0 Å². The molecule has 0 amide bonds. The first-order chi connectivity index (χ1) is 7.49. The Bertz CT molecular complexity index is 484. The maximum Gasteiger partial charge on any atom is 0.339 e. The van der Waals surface area contributed by atoms with Gasteiger partial charge in [0.05, 0.1) is 5.56 Å². The fraction of sp³-hybridized carbons (Fsp3) is 0.273. The summed E-state index contributed by atoms with van der Waals surface area (Å²) in [6, 6.07) is 2.40. The number of fused-ring (bicyclic) bond motifs is 1. The average molecular weight is 287 g/mol. The predicted molar refractivity (Wildman–Crippen MR) is 57.7 cm³/mol. The molecule has 0 saturated carbocycles. The van der Waals surface area contributed by atoms with Crippen molar-refractivity contribution in [1.29, 1.82) is 0 Å². The zero-order valence-electron chi connectivity index (χ0n) is 8.42. The van der Waals surface area contributed by atoms with E-state index < -0.39 is 17.9 Å². The van der Waals surface area contributed by atoms with Crippen LogP contribution < -0.4 is 0 Å². The second kappa shape index (κ2) is 3.97. The van der Waals surface area contributed by atoms with Gasteiger partial charge in [-0.25, -0.2) is 9.18 Å². The van der Waals surface area contributed by atoms with Crippen LogP contribution in [0, 0.1) is 5.82 Å². The summed E-state index contributed by atoms with van der Waals surface area (Å²) in [7, 11) is 0. The van der Waals surface area contributed by atoms with Crippen LogP contribution in [0.1, 0.15) is 22.8 Å². The van der Waals surface area contributed by atoms with Crippen LogP contribution in [0.25, 0.3) is 0 Å². The van der Waals surface area contributed by atoms with E-state index >= 15 is 0 Å². The zero-order valence-corrected chi connectivity index (χ0v) is 10.0. The molecule has 1 aromatic carbocycles. The monoisotopic (exact) mass is 286 g/mol. The van der Waals surface area contributed by atoms with Gasteiger partial charge in [-0.1, -0.05) is 15.9 Å². The van der Waals surface area contributed by atoms with Gasteiger partial charge in [0.1, 0.15) is 5.82 Å². The number of benzene rings is 1. The van der Waals surface area contributed by atoms with Crippen molar-refractivity contribution >= 4 is 27.7 Å². The van der Waals surface area contributed by atoms with E-state index in [0.717, 1.165) is 6.07 Å². The van der Waals surface area contributed by atoms with Gasteiger partial charge in [0.2, 0.25) is 0 Å². The summed E-state index contributed by atoms with van der Waals surface area (Å²) in [6.07, 6.45) is -0.473. The Kier molecular flexibility index (Phi) is 2.80. The summed E-state index contributed by atoms with van der Waals surface area (Å²) in [4.78, 5) is 22.7. The topological polar surface area (TPSA) is 43.4 Å². The number of cyclic esters (lactones) is 1. The molecule has 0 saturated heterocycles. The van der Waals surface area contributed by atoms with E-state index in [0.29, 0.717) is 10.0 Å². The van der Waals surface area contributed by atoms with Crippen LogP contribution in [0.15, 0.2) is 16.6 Å². The molecule has 0 fully saturated rings. The summed E-state index contributed by atoms with van der Waals surface area (Å²) in [5.74, 6) is -1.37. The molecule has 0 aromatic heterocycles. The van der Waals surface area contributed by atoms with Gasteiger partial charge in [0.15, 0.2) is 11.9 Å². The van der Waals surface area contributed by atoms with Crippen LogP contribution in [-0.2, 0) is 16.0 Å². The minimum Gasteiger partial charge on any atom is -0.450 e. The maximum absolute atomic E-state index is 13.1. The Morgan fingerprint density at radius 2 is 2.25 bits per heavy atom. The molecule has 5 heteroatoms. The Hall–Kier alpha value is -1.23. The highest BCUT2D eigenvalue weighted by Gasteiger charge is 2.31. The number of hydrogen-bond acceptors (Lipinski definition) is 3. The average Bonchev–Trinajstić information content (AvgIpc) is 2.19. The molecule has 1 aliphatic rings. The second-order valence-corrected chi connectivity index (χ2v) is 4.48. The van der Waals surface area contributed by atoms with Crippen LogP contribution in [-0.4, -0.2) is 17.9 Å². The summed E-state index contributed by atoms with van der Waals surface area (Å²) in [6.45, 7) is 1.36. The molecule has 3 nitrogen and oxygen atoms in total. The third-order valence-electron chi connectivity index (χ3n) is 2.47. The van der Waals surface area contributed by atoms with Gasteiger partial charge in [-0.05, 0) is 24.6 Å². The number of halogens is 2. The van der Waals surface area contributed by atoms with Gasteiger partial charge >= 0.3 is 5.97 Å². The maximum atomic E-state index is 13.1. The third-order valence-corrected chi connectivity index (χ3v) is 3.18. The highest BCUT2D eigenvalue weighted by Crippen LogP contribution is 2.29. The second-order valence-electron chi connectivity index (χ2n) is 3.62.